The quantitative estimate of drug-likeness (QED) is 0.846. The molecule has 0 aliphatic carbocycles. The van der Waals surface area contributed by atoms with Crippen LogP contribution >= 0.6 is 15.9 Å². The van der Waals surface area contributed by atoms with Gasteiger partial charge >= 0.3 is 5.97 Å². The number of carboxylic acids is 1. The molecule has 1 rings (SSSR count). The number of ether oxygens (including phenoxy) is 3. The van der Waals surface area contributed by atoms with Gasteiger partial charge in [-0.15, -0.1) is 0 Å². The molecule has 0 aliphatic rings. The second-order valence-corrected chi connectivity index (χ2v) is 4.01. The minimum absolute atomic E-state index is 0.444. The highest BCUT2D eigenvalue weighted by atomic mass is 79.9. The van der Waals surface area contributed by atoms with Crippen LogP contribution in [0.5, 0.6) is 17.2 Å². The molecule has 0 saturated heterocycles. The van der Waals surface area contributed by atoms with Crippen molar-refractivity contribution in [1.82, 2.24) is 0 Å². The Kier molecular flexibility index (Phi) is 5.03. The maximum atomic E-state index is 10.5. The van der Waals surface area contributed by atoms with Crippen LogP contribution in [0.15, 0.2) is 16.6 Å². The first-order valence-electron chi connectivity index (χ1n) is 4.94. The molecule has 0 unspecified atom stereocenters. The third-order valence-electron chi connectivity index (χ3n) is 2.20. The highest BCUT2D eigenvalue weighted by molar-refractivity contribution is 9.10. The van der Waals surface area contributed by atoms with Crippen LogP contribution < -0.4 is 14.2 Å². The minimum Gasteiger partial charge on any atom is -0.493 e. The van der Waals surface area contributed by atoms with Crippen LogP contribution in [-0.4, -0.2) is 32.4 Å². The number of methoxy groups -OCH3 is 3. The summed E-state index contributed by atoms with van der Waals surface area (Å²) in [4.78, 5) is 10.5. The van der Waals surface area contributed by atoms with Gasteiger partial charge in [-0.2, -0.15) is 0 Å². The second-order valence-electron chi connectivity index (χ2n) is 3.22. The minimum atomic E-state index is -1.03. The largest absolute Gasteiger partial charge is 0.493 e. The van der Waals surface area contributed by atoms with Crippen LogP contribution in [-0.2, 0) is 4.79 Å². The SMILES string of the molecule is COc1cc(C=CC(=O)O)c(Br)c(OC)c1OC. The molecule has 0 fully saturated rings. The Bertz CT molecular complexity index is 482. The van der Waals surface area contributed by atoms with Crippen LogP contribution in [0.4, 0.5) is 0 Å². The highest BCUT2D eigenvalue weighted by Gasteiger charge is 2.17. The summed E-state index contributed by atoms with van der Waals surface area (Å²) in [5.74, 6) is 0.319. The van der Waals surface area contributed by atoms with Gasteiger partial charge in [0.15, 0.2) is 11.5 Å². The van der Waals surface area contributed by atoms with E-state index in [0.717, 1.165) is 6.08 Å². The fourth-order valence-electron chi connectivity index (χ4n) is 1.42. The molecule has 0 heterocycles. The lowest BCUT2D eigenvalue weighted by Gasteiger charge is -2.15. The summed E-state index contributed by atoms with van der Waals surface area (Å²) in [5.41, 5.74) is 0.618. The lowest BCUT2D eigenvalue weighted by molar-refractivity contribution is -0.131. The molecule has 1 N–H and O–H groups in total. The molecule has 5 nitrogen and oxygen atoms in total. The lowest BCUT2D eigenvalue weighted by Crippen LogP contribution is -1.97. The van der Waals surface area contributed by atoms with Gasteiger partial charge < -0.3 is 19.3 Å². The Morgan fingerprint density at radius 1 is 1.22 bits per heavy atom. The van der Waals surface area contributed by atoms with E-state index >= 15 is 0 Å². The van der Waals surface area contributed by atoms with Crippen molar-refractivity contribution in [2.24, 2.45) is 0 Å². The topological polar surface area (TPSA) is 65.0 Å². The third-order valence-corrected chi connectivity index (χ3v) is 3.02. The van der Waals surface area contributed by atoms with Crippen molar-refractivity contribution < 1.29 is 24.1 Å². The Balaban J connectivity index is 3.41. The number of carboxylic acid groups (broad SMARTS) is 1. The predicted molar refractivity (Wildman–Crippen MR) is 70.5 cm³/mol. The fourth-order valence-corrected chi connectivity index (χ4v) is 2.01. The average molecular weight is 317 g/mol. The Hall–Kier alpha value is -1.69. The van der Waals surface area contributed by atoms with Crippen molar-refractivity contribution in [3.63, 3.8) is 0 Å². The van der Waals surface area contributed by atoms with Gasteiger partial charge in [-0.25, -0.2) is 4.79 Å². The molecule has 0 radical (unpaired) electrons. The summed E-state index contributed by atoms with van der Waals surface area (Å²) < 4.78 is 16.2. The Morgan fingerprint density at radius 3 is 2.28 bits per heavy atom. The van der Waals surface area contributed by atoms with Crippen molar-refractivity contribution in [3.8, 4) is 17.2 Å². The molecule has 18 heavy (non-hydrogen) atoms. The smallest absolute Gasteiger partial charge is 0.328 e. The molecular formula is C12H13BrO5. The first kappa shape index (κ1) is 14.4. The number of aliphatic carboxylic acids is 1. The van der Waals surface area contributed by atoms with Crippen LogP contribution in [0.25, 0.3) is 6.08 Å². The summed E-state index contributed by atoms with van der Waals surface area (Å²) in [7, 11) is 4.49. The van der Waals surface area contributed by atoms with Crippen LogP contribution in [0, 0.1) is 0 Å². The van der Waals surface area contributed by atoms with Crippen LogP contribution in [0.1, 0.15) is 5.56 Å². The lowest BCUT2D eigenvalue weighted by atomic mass is 10.1. The monoisotopic (exact) mass is 316 g/mol. The maximum Gasteiger partial charge on any atom is 0.328 e. The van der Waals surface area contributed by atoms with E-state index < -0.39 is 5.97 Å². The number of benzene rings is 1. The van der Waals surface area contributed by atoms with Crippen LogP contribution in [0.2, 0.25) is 0 Å². The average Bonchev–Trinajstić information content (AvgIpc) is 2.36. The highest BCUT2D eigenvalue weighted by Crippen LogP contribution is 2.45. The number of carbonyl (C=O) groups is 1. The van der Waals surface area contributed by atoms with Gasteiger partial charge in [0, 0.05) is 6.08 Å². The summed E-state index contributed by atoms with van der Waals surface area (Å²) in [6.45, 7) is 0. The van der Waals surface area contributed by atoms with Gasteiger partial charge in [-0.1, -0.05) is 0 Å². The molecule has 1 aromatic rings. The second kappa shape index (κ2) is 6.30. The van der Waals surface area contributed by atoms with Gasteiger partial charge in [-0.05, 0) is 33.6 Å². The van der Waals surface area contributed by atoms with Crippen molar-refractivity contribution in [2.75, 3.05) is 21.3 Å². The molecule has 0 aliphatic heterocycles. The first-order valence-corrected chi connectivity index (χ1v) is 5.73. The van der Waals surface area contributed by atoms with Crippen molar-refractivity contribution >= 4 is 28.0 Å². The fraction of sp³-hybridized carbons (Fsp3) is 0.250. The molecule has 0 bridgehead atoms. The standard InChI is InChI=1S/C12H13BrO5/c1-16-8-6-7(4-5-9(14)15)10(13)12(18-3)11(8)17-2/h4-6H,1-3H3,(H,14,15). The van der Waals surface area contributed by atoms with Crippen LogP contribution in [0.3, 0.4) is 0 Å². The van der Waals surface area contributed by atoms with E-state index in [1.165, 1.54) is 27.4 Å². The summed E-state index contributed by atoms with van der Waals surface area (Å²) in [6, 6.07) is 1.66. The molecule has 1 aromatic carbocycles. The van der Waals surface area contributed by atoms with Gasteiger partial charge in [0.25, 0.3) is 0 Å². The molecule has 0 spiro atoms. The molecular weight excluding hydrogens is 304 g/mol. The zero-order chi connectivity index (χ0) is 13.7. The number of hydrogen-bond acceptors (Lipinski definition) is 4. The zero-order valence-electron chi connectivity index (χ0n) is 10.2. The first-order chi connectivity index (χ1) is 8.54. The van der Waals surface area contributed by atoms with E-state index in [4.69, 9.17) is 19.3 Å². The number of rotatable bonds is 5. The van der Waals surface area contributed by atoms with Gasteiger partial charge in [-0.3, -0.25) is 0 Å². The molecule has 0 saturated carbocycles. The van der Waals surface area contributed by atoms with Gasteiger partial charge in [0.2, 0.25) is 5.75 Å². The van der Waals surface area contributed by atoms with E-state index in [0.29, 0.717) is 27.3 Å². The van der Waals surface area contributed by atoms with E-state index in [-0.39, 0.29) is 0 Å². The molecule has 6 heteroatoms. The van der Waals surface area contributed by atoms with E-state index in [1.807, 2.05) is 0 Å². The van der Waals surface area contributed by atoms with Crippen molar-refractivity contribution in [3.05, 3.63) is 22.2 Å². The van der Waals surface area contributed by atoms with Gasteiger partial charge in [0.1, 0.15) is 0 Å². The van der Waals surface area contributed by atoms with E-state index in [2.05, 4.69) is 15.9 Å². The normalized spacial score (nSPS) is 10.4. The summed E-state index contributed by atoms with van der Waals surface area (Å²) in [5, 5.41) is 8.63. The zero-order valence-corrected chi connectivity index (χ0v) is 11.8. The third kappa shape index (κ3) is 2.95. The van der Waals surface area contributed by atoms with Crippen molar-refractivity contribution in [2.45, 2.75) is 0 Å². The van der Waals surface area contributed by atoms with E-state index in [1.54, 1.807) is 6.07 Å². The number of hydrogen-bond donors (Lipinski definition) is 1. The summed E-state index contributed by atoms with van der Waals surface area (Å²) in [6.07, 6.45) is 2.47. The molecule has 0 atom stereocenters. The Morgan fingerprint density at radius 2 is 1.83 bits per heavy atom. The maximum absolute atomic E-state index is 10.5. The van der Waals surface area contributed by atoms with Crippen molar-refractivity contribution in [1.29, 1.82) is 0 Å². The molecule has 0 aromatic heterocycles. The summed E-state index contributed by atoms with van der Waals surface area (Å²) >= 11 is 3.34. The van der Waals surface area contributed by atoms with E-state index in [9.17, 15) is 4.79 Å². The van der Waals surface area contributed by atoms with Gasteiger partial charge in [0.05, 0.1) is 25.8 Å². The Labute approximate surface area is 113 Å². The molecule has 98 valence electrons. The number of halogens is 1. The predicted octanol–water partition coefficient (Wildman–Crippen LogP) is 2.57. The molecule has 0 amide bonds.